The Kier molecular flexibility index (Phi) is 3.18. The van der Waals surface area contributed by atoms with Gasteiger partial charge in [-0.15, -0.1) is 4.73 Å². The second kappa shape index (κ2) is 5.00. The van der Waals surface area contributed by atoms with Gasteiger partial charge < -0.3 is 4.84 Å². The van der Waals surface area contributed by atoms with Crippen molar-refractivity contribution in [3.8, 4) is 11.3 Å². The second-order valence-corrected chi connectivity index (χ2v) is 5.13. The van der Waals surface area contributed by atoms with Crippen molar-refractivity contribution in [1.29, 1.82) is 0 Å². The molecule has 1 aliphatic carbocycles. The van der Waals surface area contributed by atoms with Crippen LogP contribution in [0.1, 0.15) is 19.8 Å². The van der Waals surface area contributed by atoms with E-state index >= 15 is 0 Å². The highest BCUT2D eigenvalue weighted by atomic mass is 16.7. The number of aromatic nitrogens is 2. The van der Waals surface area contributed by atoms with Gasteiger partial charge in [-0.05, 0) is 24.3 Å². The van der Waals surface area contributed by atoms with Gasteiger partial charge in [0.05, 0.1) is 11.9 Å². The van der Waals surface area contributed by atoms with Crippen molar-refractivity contribution >= 4 is 5.97 Å². The summed E-state index contributed by atoms with van der Waals surface area (Å²) in [5.74, 6) is 0.0543. The van der Waals surface area contributed by atoms with Crippen LogP contribution in [0.2, 0.25) is 0 Å². The van der Waals surface area contributed by atoms with Crippen LogP contribution in [0.5, 0.6) is 0 Å². The van der Waals surface area contributed by atoms with E-state index < -0.39 is 5.97 Å². The van der Waals surface area contributed by atoms with Crippen LogP contribution in [0.15, 0.2) is 41.3 Å². The summed E-state index contributed by atoms with van der Waals surface area (Å²) in [5, 5.41) is 0. The van der Waals surface area contributed by atoms with E-state index in [-0.39, 0.29) is 5.69 Å². The van der Waals surface area contributed by atoms with Crippen LogP contribution in [-0.2, 0) is 11.3 Å². The molecule has 2 aromatic rings. The van der Waals surface area contributed by atoms with Crippen LogP contribution in [-0.4, -0.2) is 15.3 Å². The zero-order valence-corrected chi connectivity index (χ0v) is 11.3. The molecule has 0 aliphatic heterocycles. The zero-order chi connectivity index (χ0) is 14.1. The number of imidazole rings is 1. The summed E-state index contributed by atoms with van der Waals surface area (Å²) >= 11 is 0. The first kappa shape index (κ1) is 12.7. The maximum atomic E-state index is 12.3. The van der Waals surface area contributed by atoms with E-state index in [9.17, 15) is 9.59 Å². The second-order valence-electron chi connectivity index (χ2n) is 5.13. The average Bonchev–Trinajstić information content (AvgIpc) is 3.20. The van der Waals surface area contributed by atoms with Crippen molar-refractivity contribution in [2.45, 2.75) is 26.3 Å². The third-order valence-electron chi connectivity index (χ3n) is 3.38. The zero-order valence-electron chi connectivity index (χ0n) is 11.3. The highest BCUT2D eigenvalue weighted by Gasteiger charge is 2.25. The van der Waals surface area contributed by atoms with Crippen molar-refractivity contribution in [3.05, 3.63) is 47.0 Å². The Morgan fingerprint density at radius 3 is 2.60 bits per heavy atom. The Morgan fingerprint density at radius 1 is 1.30 bits per heavy atom. The van der Waals surface area contributed by atoms with Crippen molar-refractivity contribution in [1.82, 2.24) is 9.30 Å². The minimum atomic E-state index is -0.504. The quantitative estimate of drug-likeness (QED) is 0.851. The molecule has 1 saturated carbocycles. The Bertz CT molecular complexity index is 681. The van der Waals surface area contributed by atoms with Gasteiger partial charge in [-0.1, -0.05) is 30.3 Å². The van der Waals surface area contributed by atoms with E-state index in [0.717, 1.165) is 28.8 Å². The van der Waals surface area contributed by atoms with Gasteiger partial charge in [-0.3, -0.25) is 4.57 Å². The minimum Gasteiger partial charge on any atom is -0.332 e. The average molecular weight is 272 g/mol. The number of rotatable bonds is 4. The summed E-state index contributed by atoms with van der Waals surface area (Å²) < 4.78 is 2.71. The van der Waals surface area contributed by atoms with Gasteiger partial charge in [0.1, 0.15) is 0 Å². The molecule has 1 fully saturated rings. The monoisotopic (exact) mass is 272 g/mol. The molecule has 0 bridgehead atoms. The summed E-state index contributed by atoms with van der Waals surface area (Å²) in [7, 11) is 0. The Morgan fingerprint density at radius 2 is 2.00 bits per heavy atom. The van der Waals surface area contributed by atoms with Crippen molar-refractivity contribution in [3.63, 3.8) is 0 Å². The fourth-order valence-electron chi connectivity index (χ4n) is 2.24. The van der Waals surface area contributed by atoms with Crippen LogP contribution >= 0.6 is 0 Å². The summed E-state index contributed by atoms with van der Waals surface area (Å²) in [5.41, 5.74) is 1.42. The fraction of sp³-hybridized carbons (Fsp3) is 0.333. The van der Waals surface area contributed by atoms with Gasteiger partial charge in [-0.2, -0.15) is 0 Å². The molecule has 0 amide bonds. The van der Waals surface area contributed by atoms with Crippen molar-refractivity contribution < 1.29 is 9.63 Å². The summed E-state index contributed by atoms with van der Waals surface area (Å²) in [6.07, 6.45) is 3.89. The van der Waals surface area contributed by atoms with Gasteiger partial charge in [-0.25, -0.2) is 9.59 Å². The number of benzene rings is 1. The van der Waals surface area contributed by atoms with Gasteiger partial charge in [0, 0.05) is 13.5 Å². The molecule has 0 N–H and O–H groups in total. The molecule has 0 spiro atoms. The molecular weight excluding hydrogens is 256 g/mol. The molecular formula is C15H16N2O3. The van der Waals surface area contributed by atoms with Gasteiger partial charge in [0.2, 0.25) is 0 Å². The van der Waals surface area contributed by atoms with E-state index in [1.165, 1.54) is 6.92 Å². The van der Waals surface area contributed by atoms with Gasteiger partial charge in [0.15, 0.2) is 0 Å². The molecule has 1 aromatic heterocycles. The van der Waals surface area contributed by atoms with Gasteiger partial charge in [0.25, 0.3) is 0 Å². The largest absolute Gasteiger partial charge is 0.362 e. The summed E-state index contributed by atoms with van der Waals surface area (Å²) in [6, 6.07) is 9.65. The molecule has 0 atom stereocenters. The molecule has 104 valence electrons. The predicted octanol–water partition coefficient (Wildman–Crippen LogP) is 1.70. The van der Waals surface area contributed by atoms with Gasteiger partial charge >= 0.3 is 11.7 Å². The lowest BCUT2D eigenvalue weighted by Crippen LogP contribution is -2.31. The first-order chi connectivity index (χ1) is 9.65. The lowest BCUT2D eigenvalue weighted by Gasteiger charge is -2.05. The topological polar surface area (TPSA) is 53.2 Å². The first-order valence-corrected chi connectivity index (χ1v) is 6.71. The lowest BCUT2D eigenvalue weighted by atomic mass is 10.1. The van der Waals surface area contributed by atoms with Crippen molar-refractivity contribution in [2.24, 2.45) is 5.92 Å². The van der Waals surface area contributed by atoms with Crippen molar-refractivity contribution in [2.75, 3.05) is 0 Å². The van der Waals surface area contributed by atoms with Crippen LogP contribution < -0.4 is 10.5 Å². The Hall–Kier alpha value is -2.30. The van der Waals surface area contributed by atoms with E-state index in [0.29, 0.717) is 12.5 Å². The maximum absolute atomic E-state index is 12.3. The third kappa shape index (κ3) is 2.52. The highest BCUT2D eigenvalue weighted by Crippen LogP contribution is 2.31. The lowest BCUT2D eigenvalue weighted by molar-refractivity contribution is -0.141. The molecule has 3 rings (SSSR count). The smallest absolute Gasteiger partial charge is 0.332 e. The fourth-order valence-corrected chi connectivity index (χ4v) is 2.24. The Labute approximate surface area is 116 Å². The number of carbonyl (C=O) groups is 1. The summed E-state index contributed by atoms with van der Waals surface area (Å²) in [4.78, 5) is 28.3. The predicted molar refractivity (Wildman–Crippen MR) is 74.1 cm³/mol. The number of hydrogen-bond acceptors (Lipinski definition) is 3. The standard InChI is InChI=1S/C15H16N2O3/c1-11(18)20-17-10-14(13-5-3-2-4-6-13)16(15(17)19)9-12-7-8-12/h2-6,10,12H,7-9H2,1H3. The molecule has 1 aromatic carbocycles. The molecule has 0 unspecified atom stereocenters. The number of carbonyl (C=O) groups excluding carboxylic acids is 1. The normalized spacial score (nSPS) is 14.2. The molecule has 0 radical (unpaired) electrons. The third-order valence-corrected chi connectivity index (χ3v) is 3.38. The molecule has 5 nitrogen and oxygen atoms in total. The first-order valence-electron chi connectivity index (χ1n) is 6.71. The van der Waals surface area contributed by atoms with Crippen LogP contribution in [0.25, 0.3) is 11.3 Å². The van der Waals surface area contributed by atoms with E-state index in [1.807, 2.05) is 30.3 Å². The molecule has 20 heavy (non-hydrogen) atoms. The van der Waals surface area contributed by atoms with Crippen LogP contribution in [0.3, 0.4) is 0 Å². The van der Waals surface area contributed by atoms with E-state index in [4.69, 9.17) is 4.84 Å². The SMILES string of the molecule is CC(=O)On1cc(-c2ccccc2)n(CC2CC2)c1=O. The maximum Gasteiger partial charge on any atom is 0.362 e. The van der Waals surface area contributed by atoms with E-state index in [2.05, 4.69) is 0 Å². The molecule has 0 saturated heterocycles. The number of hydrogen-bond donors (Lipinski definition) is 0. The molecule has 1 aliphatic rings. The summed E-state index contributed by atoms with van der Waals surface area (Å²) in [6.45, 7) is 1.96. The van der Waals surface area contributed by atoms with Crippen LogP contribution in [0.4, 0.5) is 0 Å². The van der Waals surface area contributed by atoms with E-state index in [1.54, 1.807) is 10.8 Å². The highest BCUT2D eigenvalue weighted by molar-refractivity contribution is 5.66. The van der Waals surface area contributed by atoms with Crippen LogP contribution in [0, 0.1) is 5.92 Å². The molecule has 1 heterocycles. The Balaban J connectivity index is 2.06. The number of nitrogens with zero attached hydrogens (tertiary/aromatic N) is 2. The molecule has 5 heteroatoms. The minimum absolute atomic E-state index is 0.300.